The van der Waals surface area contributed by atoms with Gasteiger partial charge in [-0.1, -0.05) is 41.4 Å². The second kappa shape index (κ2) is 8.09. The summed E-state index contributed by atoms with van der Waals surface area (Å²) < 4.78 is 29.2. The maximum Gasteiger partial charge on any atom is 0.257 e. The molecule has 1 saturated heterocycles. The van der Waals surface area contributed by atoms with Crippen LogP contribution in [0.3, 0.4) is 0 Å². The molecule has 27 heavy (non-hydrogen) atoms. The molecule has 2 aromatic rings. The van der Waals surface area contributed by atoms with Crippen LogP contribution in [0.25, 0.3) is 0 Å². The van der Waals surface area contributed by atoms with Crippen molar-refractivity contribution in [2.45, 2.75) is 19.1 Å². The molecule has 0 aliphatic carbocycles. The highest BCUT2D eigenvalue weighted by molar-refractivity contribution is 7.91. The molecule has 144 valence electrons. The standard InChI is InChI=1S/C19H19Cl2NO4S/c1-22(15-8-9-27(24,25)12-15)19(23)16-4-2-3-5-18(16)26-11-13-6-7-14(20)10-17(13)21/h2-7,10,15H,8-9,11-12H2,1H3. The molecule has 1 heterocycles. The van der Waals surface area contributed by atoms with E-state index in [1.165, 1.54) is 4.90 Å². The second-order valence-corrected chi connectivity index (χ2v) is 9.57. The maximum atomic E-state index is 12.9. The predicted molar refractivity (Wildman–Crippen MR) is 106 cm³/mol. The fraction of sp³-hybridized carbons (Fsp3) is 0.316. The van der Waals surface area contributed by atoms with Crippen LogP contribution >= 0.6 is 23.2 Å². The number of halogens is 2. The van der Waals surface area contributed by atoms with Crippen LogP contribution in [-0.2, 0) is 16.4 Å². The number of hydrogen-bond acceptors (Lipinski definition) is 4. The molecule has 0 radical (unpaired) electrons. The normalized spacial score (nSPS) is 18.3. The first-order chi connectivity index (χ1) is 12.8. The van der Waals surface area contributed by atoms with Crippen LogP contribution < -0.4 is 4.74 Å². The number of benzene rings is 2. The lowest BCUT2D eigenvalue weighted by Gasteiger charge is -2.24. The molecule has 8 heteroatoms. The highest BCUT2D eigenvalue weighted by Gasteiger charge is 2.33. The van der Waals surface area contributed by atoms with E-state index in [2.05, 4.69) is 0 Å². The molecule has 5 nitrogen and oxygen atoms in total. The van der Waals surface area contributed by atoms with Crippen LogP contribution in [0, 0.1) is 0 Å². The van der Waals surface area contributed by atoms with Gasteiger partial charge in [-0.25, -0.2) is 8.42 Å². The molecule has 1 aliphatic rings. The van der Waals surface area contributed by atoms with Crippen LogP contribution in [0.15, 0.2) is 42.5 Å². The van der Waals surface area contributed by atoms with Gasteiger partial charge in [0.15, 0.2) is 9.84 Å². The first kappa shape index (κ1) is 20.0. The number of sulfone groups is 1. The van der Waals surface area contributed by atoms with Gasteiger partial charge in [0, 0.05) is 28.7 Å². The van der Waals surface area contributed by atoms with Crippen molar-refractivity contribution in [3.05, 3.63) is 63.6 Å². The Labute approximate surface area is 168 Å². The van der Waals surface area contributed by atoms with Gasteiger partial charge in [-0.15, -0.1) is 0 Å². The molecule has 2 aromatic carbocycles. The van der Waals surface area contributed by atoms with Crippen LogP contribution in [0.5, 0.6) is 5.75 Å². The molecule has 0 spiro atoms. The van der Waals surface area contributed by atoms with E-state index in [4.69, 9.17) is 27.9 Å². The third-order valence-corrected chi connectivity index (χ3v) is 6.93. The molecule has 1 fully saturated rings. The second-order valence-electron chi connectivity index (χ2n) is 6.49. The SMILES string of the molecule is CN(C(=O)c1ccccc1OCc1ccc(Cl)cc1Cl)C1CCS(=O)(=O)C1. The minimum absolute atomic E-state index is 0.00134. The summed E-state index contributed by atoms with van der Waals surface area (Å²) in [4.78, 5) is 14.4. The molecule has 3 rings (SSSR count). The zero-order valence-corrected chi connectivity index (χ0v) is 17.0. The van der Waals surface area contributed by atoms with Gasteiger partial charge in [-0.3, -0.25) is 4.79 Å². The summed E-state index contributed by atoms with van der Waals surface area (Å²) in [6.07, 6.45) is 0.452. The Morgan fingerprint density at radius 3 is 2.63 bits per heavy atom. The van der Waals surface area contributed by atoms with E-state index in [9.17, 15) is 13.2 Å². The molecule has 0 bridgehead atoms. The fourth-order valence-electron chi connectivity index (χ4n) is 3.00. The van der Waals surface area contributed by atoms with Gasteiger partial charge in [0.25, 0.3) is 5.91 Å². The summed E-state index contributed by atoms with van der Waals surface area (Å²) in [5.41, 5.74) is 1.13. The third kappa shape index (κ3) is 4.75. The first-order valence-corrected chi connectivity index (χ1v) is 11.0. The van der Waals surface area contributed by atoms with Crippen molar-refractivity contribution in [3.63, 3.8) is 0 Å². The van der Waals surface area contributed by atoms with Crippen molar-refractivity contribution in [3.8, 4) is 5.75 Å². The number of rotatable bonds is 5. The summed E-state index contributed by atoms with van der Waals surface area (Å²) in [6, 6.07) is 11.7. The van der Waals surface area contributed by atoms with Crippen molar-refractivity contribution in [1.29, 1.82) is 0 Å². The lowest BCUT2D eigenvalue weighted by atomic mass is 10.1. The zero-order chi connectivity index (χ0) is 19.6. The quantitative estimate of drug-likeness (QED) is 0.726. The number of carbonyl (C=O) groups is 1. The van der Waals surface area contributed by atoms with Gasteiger partial charge in [-0.05, 0) is 30.7 Å². The summed E-state index contributed by atoms with van der Waals surface area (Å²) in [7, 11) is -1.45. The lowest BCUT2D eigenvalue weighted by molar-refractivity contribution is 0.0743. The number of nitrogens with zero attached hydrogens (tertiary/aromatic N) is 1. The zero-order valence-electron chi connectivity index (χ0n) is 14.7. The van der Waals surface area contributed by atoms with E-state index in [1.54, 1.807) is 49.5 Å². The number of amides is 1. The molecular formula is C19H19Cl2NO4S. The Balaban J connectivity index is 1.76. The van der Waals surface area contributed by atoms with E-state index in [-0.39, 0.29) is 30.1 Å². The number of carbonyl (C=O) groups excluding carboxylic acids is 1. The third-order valence-electron chi connectivity index (χ3n) is 4.59. The van der Waals surface area contributed by atoms with Crippen LogP contribution in [0.4, 0.5) is 0 Å². The van der Waals surface area contributed by atoms with Gasteiger partial charge in [0.1, 0.15) is 12.4 Å². The molecule has 0 saturated carbocycles. The van der Waals surface area contributed by atoms with E-state index >= 15 is 0 Å². The number of ether oxygens (including phenoxy) is 1. The van der Waals surface area contributed by atoms with Crippen molar-refractivity contribution in [2.75, 3.05) is 18.6 Å². The Bertz CT molecular complexity index is 962. The minimum atomic E-state index is -3.07. The monoisotopic (exact) mass is 427 g/mol. The fourth-order valence-corrected chi connectivity index (χ4v) is 5.24. The van der Waals surface area contributed by atoms with Crippen molar-refractivity contribution in [2.24, 2.45) is 0 Å². The Morgan fingerprint density at radius 2 is 1.96 bits per heavy atom. The minimum Gasteiger partial charge on any atom is -0.488 e. The van der Waals surface area contributed by atoms with Crippen LogP contribution in [0.1, 0.15) is 22.3 Å². The Hall–Kier alpha value is -1.76. The molecule has 0 aromatic heterocycles. The summed E-state index contributed by atoms with van der Waals surface area (Å²) in [5.74, 6) is 0.261. The predicted octanol–water partition coefficient (Wildman–Crippen LogP) is 3.83. The van der Waals surface area contributed by atoms with Crippen LogP contribution in [-0.4, -0.2) is 43.8 Å². The number of hydrogen-bond donors (Lipinski definition) is 0. The average Bonchev–Trinajstić information content (AvgIpc) is 3.00. The van der Waals surface area contributed by atoms with E-state index in [0.717, 1.165) is 5.56 Å². The van der Waals surface area contributed by atoms with E-state index in [0.29, 0.717) is 27.8 Å². The largest absolute Gasteiger partial charge is 0.488 e. The average molecular weight is 428 g/mol. The summed E-state index contributed by atoms with van der Waals surface area (Å²) in [5, 5.41) is 1.02. The highest BCUT2D eigenvalue weighted by atomic mass is 35.5. The van der Waals surface area contributed by atoms with Crippen molar-refractivity contribution >= 4 is 38.9 Å². The molecule has 0 N–H and O–H groups in total. The smallest absolute Gasteiger partial charge is 0.257 e. The Kier molecular flexibility index (Phi) is 5.99. The first-order valence-electron chi connectivity index (χ1n) is 8.40. The van der Waals surface area contributed by atoms with Gasteiger partial charge in [0.2, 0.25) is 0 Å². The van der Waals surface area contributed by atoms with Crippen molar-refractivity contribution in [1.82, 2.24) is 4.90 Å². The molecule has 1 unspecified atom stereocenters. The maximum absolute atomic E-state index is 12.9. The summed E-state index contributed by atoms with van der Waals surface area (Å²) in [6.45, 7) is 0.182. The Morgan fingerprint density at radius 1 is 1.22 bits per heavy atom. The van der Waals surface area contributed by atoms with E-state index < -0.39 is 9.84 Å². The lowest BCUT2D eigenvalue weighted by Crippen LogP contribution is -2.38. The molecular weight excluding hydrogens is 409 g/mol. The van der Waals surface area contributed by atoms with Gasteiger partial charge >= 0.3 is 0 Å². The van der Waals surface area contributed by atoms with Gasteiger partial charge in [0.05, 0.1) is 17.1 Å². The van der Waals surface area contributed by atoms with Gasteiger partial charge < -0.3 is 9.64 Å². The molecule has 1 amide bonds. The number of para-hydroxylation sites is 1. The van der Waals surface area contributed by atoms with Gasteiger partial charge in [-0.2, -0.15) is 0 Å². The summed E-state index contributed by atoms with van der Waals surface area (Å²) >= 11 is 12.1. The van der Waals surface area contributed by atoms with E-state index in [1.807, 2.05) is 0 Å². The highest BCUT2D eigenvalue weighted by Crippen LogP contribution is 2.26. The van der Waals surface area contributed by atoms with Crippen molar-refractivity contribution < 1.29 is 17.9 Å². The topological polar surface area (TPSA) is 63.7 Å². The molecule has 1 aliphatic heterocycles. The molecule has 1 atom stereocenters. The van der Waals surface area contributed by atoms with Crippen LogP contribution in [0.2, 0.25) is 10.0 Å².